The van der Waals surface area contributed by atoms with Crippen LogP contribution in [-0.2, 0) is 19.8 Å². The van der Waals surface area contributed by atoms with Crippen molar-refractivity contribution in [3.63, 3.8) is 0 Å². The number of amides is 3. The topological polar surface area (TPSA) is 153 Å². The molecule has 5 heterocycles. The first-order valence-corrected chi connectivity index (χ1v) is 23.2. The van der Waals surface area contributed by atoms with Crippen LogP contribution < -0.4 is 15.5 Å². The molecule has 14 heteroatoms. The van der Waals surface area contributed by atoms with Crippen molar-refractivity contribution in [3.8, 4) is 11.3 Å². The number of anilines is 3. The highest BCUT2D eigenvalue weighted by Gasteiger charge is 2.56. The summed E-state index contributed by atoms with van der Waals surface area (Å²) in [6.07, 6.45) is 10.5. The van der Waals surface area contributed by atoms with Gasteiger partial charge in [-0.15, -0.1) is 0 Å². The summed E-state index contributed by atoms with van der Waals surface area (Å²) in [5, 5.41) is 15.7. The molecule has 4 fully saturated rings. The lowest BCUT2D eigenvalue weighted by atomic mass is 9.73. The number of pyridine rings is 1. The van der Waals surface area contributed by atoms with E-state index in [2.05, 4.69) is 32.6 Å². The molecular formula is C49H61FN8O5. The molecule has 2 saturated carbocycles. The van der Waals surface area contributed by atoms with Crippen LogP contribution in [0.15, 0.2) is 42.7 Å². The number of imidazole rings is 1. The van der Waals surface area contributed by atoms with Gasteiger partial charge in [-0.1, -0.05) is 18.6 Å². The largest absolute Gasteiger partial charge is 0.481 e. The number of carboxylic acids is 1. The number of aryl methyl sites for hydroxylation is 1. The zero-order valence-electron chi connectivity index (χ0n) is 37.3. The van der Waals surface area contributed by atoms with Gasteiger partial charge in [-0.3, -0.25) is 19.2 Å². The van der Waals surface area contributed by atoms with Crippen molar-refractivity contribution in [2.24, 2.45) is 11.8 Å². The number of fused-ring (bicyclic) bond motifs is 3. The summed E-state index contributed by atoms with van der Waals surface area (Å²) in [7, 11) is 0. The Bertz CT molecular complexity index is 2440. The number of piperidine rings is 2. The van der Waals surface area contributed by atoms with Gasteiger partial charge in [0.25, 0.3) is 5.91 Å². The number of rotatable bonds is 10. The Morgan fingerprint density at radius 1 is 0.889 bits per heavy atom. The summed E-state index contributed by atoms with van der Waals surface area (Å²) in [5.74, 6) is -1.54. The van der Waals surface area contributed by atoms with Crippen LogP contribution in [0.3, 0.4) is 0 Å². The van der Waals surface area contributed by atoms with Crippen molar-refractivity contribution in [3.05, 3.63) is 65.2 Å². The van der Waals surface area contributed by atoms with E-state index in [4.69, 9.17) is 9.97 Å². The standard InChI is InChI=1S/C49H61FN8O5/c1-28(2)52-45(59)36-25-40(38(50)21-30(36)5)54-44-43-41(51-27-57(43)29(3)4)26-39(53-44)33-13-14-37-42(22-33)58(35-23-34(24-35)55-17-7-6-8-18-55)48(63)49(37)15-19-56(20-16-49)46(60)31-9-11-32(12-10-31)47(61)62/h13-14,21-22,25-29,31-32,34-35H,6-12,15-20,23-24H2,1-5H3,(H,52,59)(H,53,54)(H,61,62)/t31?,32?,34-,35+. The molecule has 2 saturated heterocycles. The van der Waals surface area contributed by atoms with Crippen molar-refractivity contribution in [2.45, 2.75) is 135 Å². The Morgan fingerprint density at radius 3 is 2.25 bits per heavy atom. The Hall–Kier alpha value is -5.37. The van der Waals surface area contributed by atoms with Gasteiger partial charge in [0.15, 0.2) is 5.82 Å². The Labute approximate surface area is 368 Å². The van der Waals surface area contributed by atoms with Gasteiger partial charge in [0, 0.05) is 60.0 Å². The third-order valence-corrected chi connectivity index (χ3v) is 14.8. The van der Waals surface area contributed by atoms with E-state index in [0.29, 0.717) is 91.3 Å². The van der Waals surface area contributed by atoms with E-state index < -0.39 is 17.2 Å². The molecule has 5 aliphatic rings. The molecular weight excluding hydrogens is 800 g/mol. The average molecular weight is 861 g/mol. The maximum absolute atomic E-state index is 15.8. The second-order valence-corrected chi connectivity index (χ2v) is 19.4. The maximum Gasteiger partial charge on any atom is 0.306 e. The van der Waals surface area contributed by atoms with Crippen molar-refractivity contribution in [1.82, 2.24) is 29.7 Å². The lowest BCUT2D eigenvalue weighted by Gasteiger charge is -2.48. The van der Waals surface area contributed by atoms with Gasteiger partial charge >= 0.3 is 5.97 Å². The van der Waals surface area contributed by atoms with Gasteiger partial charge in [-0.05, 0) is 147 Å². The molecule has 1 spiro atoms. The number of nitrogens with zero attached hydrogens (tertiary/aromatic N) is 6. The third-order valence-electron chi connectivity index (χ3n) is 14.8. The molecule has 0 unspecified atom stereocenters. The molecule has 2 aromatic carbocycles. The van der Waals surface area contributed by atoms with Crippen LogP contribution >= 0.6 is 0 Å². The summed E-state index contributed by atoms with van der Waals surface area (Å²) in [4.78, 5) is 70.2. The van der Waals surface area contributed by atoms with Gasteiger partial charge in [0.2, 0.25) is 11.8 Å². The second-order valence-electron chi connectivity index (χ2n) is 19.4. The highest BCUT2D eigenvalue weighted by molar-refractivity contribution is 6.09. The minimum absolute atomic E-state index is 0.0270. The van der Waals surface area contributed by atoms with E-state index in [-0.39, 0.29) is 53.4 Å². The van der Waals surface area contributed by atoms with Gasteiger partial charge in [-0.2, -0.15) is 0 Å². The molecule has 2 aromatic heterocycles. The molecule has 3 amide bonds. The minimum Gasteiger partial charge on any atom is -0.481 e. The van der Waals surface area contributed by atoms with Crippen molar-refractivity contribution in [2.75, 3.05) is 36.4 Å². The summed E-state index contributed by atoms with van der Waals surface area (Å²) in [5.41, 5.74) is 4.91. The van der Waals surface area contributed by atoms with Crippen molar-refractivity contribution >= 4 is 51.9 Å². The highest BCUT2D eigenvalue weighted by Crippen LogP contribution is 2.52. The second kappa shape index (κ2) is 17.0. The third kappa shape index (κ3) is 7.86. The molecule has 13 nitrogen and oxygen atoms in total. The van der Waals surface area contributed by atoms with Gasteiger partial charge in [0.1, 0.15) is 11.3 Å². The number of nitrogens with one attached hydrogen (secondary N) is 2. The van der Waals surface area contributed by atoms with E-state index in [1.54, 1.807) is 13.3 Å². The van der Waals surface area contributed by atoms with Gasteiger partial charge in [-0.25, -0.2) is 14.4 Å². The van der Waals surface area contributed by atoms with Crippen LogP contribution in [0, 0.1) is 24.6 Å². The molecule has 3 aliphatic heterocycles. The average Bonchev–Trinajstić information content (AvgIpc) is 3.78. The number of benzene rings is 2. The zero-order chi connectivity index (χ0) is 44.3. The molecule has 334 valence electrons. The van der Waals surface area contributed by atoms with Crippen LogP contribution in [-0.4, -0.2) is 97.4 Å². The lowest BCUT2D eigenvalue weighted by molar-refractivity contribution is -0.146. The van der Waals surface area contributed by atoms with Crippen molar-refractivity contribution in [1.29, 1.82) is 0 Å². The van der Waals surface area contributed by atoms with E-state index in [9.17, 15) is 19.5 Å². The summed E-state index contributed by atoms with van der Waals surface area (Å²) < 4.78 is 17.8. The number of aliphatic carboxylic acids is 1. The first-order valence-electron chi connectivity index (χ1n) is 23.2. The quantitative estimate of drug-likeness (QED) is 0.144. The smallest absolute Gasteiger partial charge is 0.306 e. The molecule has 63 heavy (non-hydrogen) atoms. The molecule has 3 N–H and O–H groups in total. The Morgan fingerprint density at radius 2 is 1.59 bits per heavy atom. The van der Waals surface area contributed by atoms with E-state index >= 15 is 9.18 Å². The first kappa shape index (κ1) is 42.9. The van der Waals surface area contributed by atoms with E-state index in [0.717, 1.165) is 42.7 Å². The fourth-order valence-corrected chi connectivity index (χ4v) is 11.1. The minimum atomic E-state index is -0.781. The predicted molar refractivity (Wildman–Crippen MR) is 241 cm³/mol. The van der Waals surface area contributed by atoms with E-state index in [1.165, 1.54) is 31.4 Å². The maximum atomic E-state index is 15.8. The number of carboxylic acid groups (broad SMARTS) is 1. The van der Waals surface area contributed by atoms with Crippen molar-refractivity contribution < 1.29 is 28.7 Å². The van der Waals surface area contributed by atoms with Crippen LogP contribution in [0.5, 0.6) is 0 Å². The highest BCUT2D eigenvalue weighted by atomic mass is 19.1. The molecule has 0 atom stereocenters. The number of hydrogen-bond donors (Lipinski definition) is 3. The number of likely N-dealkylation sites (tertiary alicyclic amines) is 2. The molecule has 2 aliphatic carbocycles. The SMILES string of the molecule is Cc1cc(F)c(Nc2nc(-c3ccc4c(c3)N([C@H]3C[C@@H](N5CCCCC5)C3)C(=O)C43CCN(C(=O)C4CCC(C(=O)O)CC4)CC3)cc3ncn(C(C)C)c23)cc1C(=O)NC(C)C. The number of carbonyl (C=O) groups excluding carboxylic acids is 3. The van der Waals surface area contributed by atoms with Crippen LogP contribution in [0.1, 0.15) is 126 Å². The summed E-state index contributed by atoms with van der Waals surface area (Å²) in [6.45, 7) is 12.7. The van der Waals surface area contributed by atoms with Crippen LogP contribution in [0.25, 0.3) is 22.3 Å². The lowest BCUT2D eigenvalue weighted by Crippen LogP contribution is -2.58. The first-order chi connectivity index (χ1) is 30.2. The Balaban J connectivity index is 1.05. The zero-order valence-corrected chi connectivity index (χ0v) is 37.3. The number of aromatic nitrogens is 3. The fourth-order valence-electron chi connectivity index (χ4n) is 11.1. The number of halogens is 1. The monoisotopic (exact) mass is 860 g/mol. The van der Waals surface area contributed by atoms with Crippen LogP contribution in [0.4, 0.5) is 21.6 Å². The fraction of sp³-hybridized carbons (Fsp3) is 0.551. The van der Waals surface area contributed by atoms with Gasteiger partial charge in [0.05, 0.1) is 34.6 Å². The predicted octanol–water partition coefficient (Wildman–Crippen LogP) is 8.12. The normalized spacial score (nSPS) is 23.7. The molecule has 0 radical (unpaired) electrons. The number of hydrogen-bond acceptors (Lipinski definition) is 8. The van der Waals surface area contributed by atoms with Crippen LogP contribution in [0.2, 0.25) is 0 Å². The summed E-state index contributed by atoms with van der Waals surface area (Å²) >= 11 is 0. The summed E-state index contributed by atoms with van der Waals surface area (Å²) in [6, 6.07) is 11.5. The Kier molecular flexibility index (Phi) is 11.6. The number of carbonyl (C=O) groups is 4. The molecule has 0 bridgehead atoms. The molecule has 4 aromatic rings. The van der Waals surface area contributed by atoms with Gasteiger partial charge < -0.3 is 35.0 Å². The van der Waals surface area contributed by atoms with E-state index in [1.807, 2.05) is 49.3 Å². The molecule has 9 rings (SSSR count).